The van der Waals surface area contributed by atoms with Crippen LogP contribution in [0.15, 0.2) is 24.3 Å². The third kappa shape index (κ3) is 55.5. The van der Waals surface area contributed by atoms with Crippen molar-refractivity contribution in [1.82, 2.24) is 5.32 Å². The molecule has 0 spiro atoms. The number of allylic oxidation sites excluding steroid dienone is 4. The van der Waals surface area contributed by atoms with Gasteiger partial charge in [0.05, 0.1) is 25.4 Å². The van der Waals surface area contributed by atoms with Gasteiger partial charge in [0.15, 0.2) is 0 Å². The molecule has 0 saturated heterocycles. The Kier molecular flexibility index (Phi) is 57.5. The number of ether oxygens (including phenoxy) is 1. The predicted molar refractivity (Wildman–Crippen MR) is 301 cm³/mol. The van der Waals surface area contributed by atoms with Crippen molar-refractivity contribution in [2.75, 3.05) is 13.2 Å². The molecule has 0 aromatic heterocycles. The lowest BCUT2D eigenvalue weighted by Gasteiger charge is -2.22. The van der Waals surface area contributed by atoms with Crippen LogP contribution in [0, 0.1) is 0 Å². The molecule has 0 aliphatic carbocycles. The van der Waals surface area contributed by atoms with Crippen molar-refractivity contribution in [2.24, 2.45) is 0 Å². The van der Waals surface area contributed by atoms with Gasteiger partial charge in [0.1, 0.15) is 0 Å². The highest BCUT2D eigenvalue weighted by Crippen LogP contribution is 2.18. The van der Waals surface area contributed by atoms with Crippen molar-refractivity contribution < 1.29 is 24.5 Å². The lowest BCUT2D eigenvalue weighted by Crippen LogP contribution is -2.45. The fourth-order valence-electron chi connectivity index (χ4n) is 9.69. The molecule has 0 aliphatic heterocycles. The minimum absolute atomic E-state index is 0.0202. The molecule has 0 heterocycles. The number of aliphatic hydroxyl groups excluding tert-OH is 2. The standard InChI is InChI=1S/C63H121NO5/c1-3-5-7-9-11-13-15-17-19-20-21-22-23-24-25-26-27-28-29-31-35-39-43-47-51-55-61(66)60(59-65)64-62(67)56-52-48-44-40-36-32-30-34-38-42-46-50-54-58-69-63(68)57-53-49-45-41-37-33-18-16-14-12-10-8-6-4-2/h16,18,32,36,60-61,65-66H,3-15,17,19-31,33-35,37-59H2,1-2H3,(H,64,67)/b18-16-,36-32-. The molecule has 0 aliphatic rings. The van der Waals surface area contributed by atoms with Gasteiger partial charge in [0, 0.05) is 12.8 Å². The molecule has 0 aromatic rings. The monoisotopic (exact) mass is 972 g/mol. The lowest BCUT2D eigenvalue weighted by atomic mass is 10.0. The summed E-state index contributed by atoms with van der Waals surface area (Å²) in [5, 5.41) is 23.4. The summed E-state index contributed by atoms with van der Waals surface area (Å²) in [5.41, 5.74) is 0. The second-order valence-corrected chi connectivity index (χ2v) is 21.4. The number of hydrogen-bond acceptors (Lipinski definition) is 5. The van der Waals surface area contributed by atoms with Crippen LogP contribution in [0.5, 0.6) is 0 Å². The van der Waals surface area contributed by atoms with E-state index in [1.54, 1.807) is 0 Å². The molecule has 0 bridgehead atoms. The highest BCUT2D eigenvalue weighted by Gasteiger charge is 2.20. The summed E-state index contributed by atoms with van der Waals surface area (Å²) in [5.74, 6) is -0.0819. The van der Waals surface area contributed by atoms with E-state index < -0.39 is 12.1 Å². The van der Waals surface area contributed by atoms with Crippen molar-refractivity contribution in [2.45, 2.75) is 353 Å². The van der Waals surface area contributed by atoms with Gasteiger partial charge in [0.25, 0.3) is 0 Å². The Morgan fingerprint density at radius 2 is 0.681 bits per heavy atom. The lowest BCUT2D eigenvalue weighted by molar-refractivity contribution is -0.143. The Morgan fingerprint density at radius 1 is 0.391 bits per heavy atom. The maximum atomic E-state index is 12.5. The summed E-state index contributed by atoms with van der Waals surface area (Å²) >= 11 is 0. The minimum atomic E-state index is -0.683. The summed E-state index contributed by atoms with van der Waals surface area (Å²) in [6.07, 6.45) is 71.9. The van der Waals surface area contributed by atoms with Gasteiger partial charge in [-0.3, -0.25) is 9.59 Å². The van der Waals surface area contributed by atoms with Gasteiger partial charge in [-0.1, -0.05) is 276 Å². The van der Waals surface area contributed by atoms with Crippen LogP contribution in [0.25, 0.3) is 0 Å². The number of rotatable bonds is 58. The van der Waals surface area contributed by atoms with E-state index in [1.807, 2.05) is 0 Å². The number of aliphatic hydroxyl groups is 2. The van der Waals surface area contributed by atoms with Crippen LogP contribution in [0.2, 0.25) is 0 Å². The summed E-state index contributed by atoms with van der Waals surface area (Å²) < 4.78 is 5.46. The molecule has 0 aromatic carbocycles. The Bertz CT molecular complexity index is 1080. The molecule has 6 heteroatoms. The topological polar surface area (TPSA) is 95.9 Å². The molecule has 1 amide bonds. The summed E-state index contributed by atoms with van der Waals surface area (Å²) in [7, 11) is 0. The number of esters is 1. The van der Waals surface area contributed by atoms with E-state index in [1.165, 1.54) is 238 Å². The fraction of sp³-hybridized carbons (Fsp3) is 0.905. The number of hydrogen-bond donors (Lipinski definition) is 3. The third-order valence-electron chi connectivity index (χ3n) is 14.5. The molecule has 0 radical (unpaired) electrons. The third-order valence-corrected chi connectivity index (χ3v) is 14.5. The Morgan fingerprint density at radius 3 is 1.04 bits per heavy atom. The van der Waals surface area contributed by atoms with E-state index in [4.69, 9.17) is 4.74 Å². The summed E-state index contributed by atoms with van der Waals surface area (Å²) in [6.45, 7) is 4.92. The average molecular weight is 973 g/mol. The Hall–Kier alpha value is -1.66. The zero-order valence-electron chi connectivity index (χ0n) is 46.6. The first-order chi connectivity index (χ1) is 34.0. The number of carbonyl (C=O) groups excluding carboxylic acids is 2. The van der Waals surface area contributed by atoms with Crippen LogP contribution in [-0.2, 0) is 14.3 Å². The molecule has 2 unspecified atom stereocenters. The number of unbranched alkanes of at least 4 members (excludes halogenated alkanes) is 43. The van der Waals surface area contributed by atoms with E-state index in [0.29, 0.717) is 25.9 Å². The Labute approximate surface area is 431 Å². The molecule has 3 N–H and O–H groups in total. The normalized spacial score (nSPS) is 12.7. The number of amides is 1. The summed E-state index contributed by atoms with van der Waals surface area (Å²) in [6, 6.07) is -0.563. The van der Waals surface area contributed by atoms with Crippen molar-refractivity contribution in [3.05, 3.63) is 24.3 Å². The SMILES string of the molecule is CCCCCCC/C=C\CCCCCCCC(=O)OCCCCCCCC/C=C\CCCCCC(=O)NC(CO)C(O)CCCCCCCCCCCCCCCCCCCCCCCCCCC. The van der Waals surface area contributed by atoms with E-state index in [0.717, 1.165) is 70.6 Å². The van der Waals surface area contributed by atoms with Gasteiger partial charge < -0.3 is 20.3 Å². The zero-order valence-corrected chi connectivity index (χ0v) is 46.6. The molecular formula is C63H121NO5. The first-order valence-corrected chi connectivity index (χ1v) is 31.1. The highest BCUT2D eigenvalue weighted by atomic mass is 16.5. The van der Waals surface area contributed by atoms with Gasteiger partial charge in [-0.25, -0.2) is 0 Å². The fourth-order valence-corrected chi connectivity index (χ4v) is 9.69. The predicted octanol–water partition coefficient (Wildman–Crippen LogP) is 19.4. The molecule has 0 saturated carbocycles. The van der Waals surface area contributed by atoms with Crippen molar-refractivity contribution in [1.29, 1.82) is 0 Å². The van der Waals surface area contributed by atoms with Crippen molar-refractivity contribution >= 4 is 11.9 Å². The number of nitrogens with one attached hydrogen (secondary N) is 1. The summed E-state index contributed by atoms with van der Waals surface area (Å²) in [4.78, 5) is 24.6. The molecule has 2 atom stereocenters. The van der Waals surface area contributed by atoms with Crippen LogP contribution < -0.4 is 5.32 Å². The highest BCUT2D eigenvalue weighted by molar-refractivity contribution is 5.76. The maximum Gasteiger partial charge on any atom is 0.305 e. The average Bonchev–Trinajstić information content (AvgIpc) is 3.35. The first-order valence-electron chi connectivity index (χ1n) is 31.1. The zero-order chi connectivity index (χ0) is 50.0. The second-order valence-electron chi connectivity index (χ2n) is 21.4. The quantitative estimate of drug-likeness (QED) is 0.0321. The van der Waals surface area contributed by atoms with Crippen LogP contribution in [-0.4, -0.2) is 47.4 Å². The van der Waals surface area contributed by atoms with E-state index in [9.17, 15) is 19.8 Å². The molecule has 0 fully saturated rings. The smallest absolute Gasteiger partial charge is 0.305 e. The van der Waals surface area contributed by atoms with Crippen LogP contribution in [0.4, 0.5) is 0 Å². The minimum Gasteiger partial charge on any atom is -0.466 e. The largest absolute Gasteiger partial charge is 0.466 e. The van der Waals surface area contributed by atoms with E-state index >= 15 is 0 Å². The van der Waals surface area contributed by atoms with Gasteiger partial charge >= 0.3 is 5.97 Å². The van der Waals surface area contributed by atoms with Gasteiger partial charge in [-0.2, -0.15) is 0 Å². The van der Waals surface area contributed by atoms with E-state index in [-0.39, 0.29) is 18.5 Å². The maximum absolute atomic E-state index is 12.5. The van der Waals surface area contributed by atoms with E-state index in [2.05, 4.69) is 43.5 Å². The molecule has 0 rings (SSSR count). The molecular weight excluding hydrogens is 851 g/mol. The van der Waals surface area contributed by atoms with Crippen LogP contribution in [0.1, 0.15) is 341 Å². The van der Waals surface area contributed by atoms with Gasteiger partial charge in [0.2, 0.25) is 5.91 Å². The number of carbonyl (C=O) groups is 2. The first kappa shape index (κ1) is 67.3. The van der Waals surface area contributed by atoms with Gasteiger partial charge in [-0.15, -0.1) is 0 Å². The van der Waals surface area contributed by atoms with Crippen molar-refractivity contribution in [3.63, 3.8) is 0 Å². The molecule has 69 heavy (non-hydrogen) atoms. The molecule has 408 valence electrons. The van der Waals surface area contributed by atoms with Crippen LogP contribution in [0.3, 0.4) is 0 Å². The Balaban J connectivity index is 3.48. The second kappa shape index (κ2) is 58.9. The molecule has 6 nitrogen and oxygen atoms in total. The van der Waals surface area contributed by atoms with Crippen molar-refractivity contribution in [3.8, 4) is 0 Å². The van der Waals surface area contributed by atoms with Gasteiger partial charge in [-0.05, 0) is 77.0 Å². The van der Waals surface area contributed by atoms with Crippen LogP contribution >= 0.6 is 0 Å².